The van der Waals surface area contributed by atoms with Crippen LogP contribution < -0.4 is 5.32 Å². The number of anilines is 1. The van der Waals surface area contributed by atoms with E-state index < -0.39 is 16.8 Å². The predicted octanol–water partition coefficient (Wildman–Crippen LogP) is 3.85. The third-order valence-electron chi connectivity index (χ3n) is 3.53. The van der Waals surface area contributed by atoms with Crippen LogP contribution in [-0.4, -0.2) is 23.9 Å². The number of thiophene rings is 1. The molecule has 0 bridgehead atoms. The lowest BCUT2D eigenvalue weighted by Crippen LogP contribution is -2.14. The minimum Gasteiger partial charge on any atom is -0.465 e. The van der Waals surface area contributed by atoms with E-state index in [2.05, 4.69) is 5.32 Å². The molecule has 126 valence electrons. The summed E-state index contributed by atoms with van der Waals surface area (Å²) in [4.78, 5) is 34.8. The van der Waals surface area contributed by atoms with E-state index in [1.807, 2.05) is 12.1 Å². The van der Waals surface area contributed by atoms with Crippen LogP contribution in [0.15, 0.2) is 48.5 Å². The number of hydrogen-bond acceptors (Lipinski definition) is 6. The average Bonchev–Trinajstić information content (AvgIpc) is 2.98. The van der Waals surface area contributed by atoms with Crippen molar-refractivity contribution in [3.05, 3.63) is 69.8 Å². The van der Waals surface area contributed by atoms with Crippen molar-refractivity contribution in [2.75, 3.05) is 12.4 Å². The van der Waals surface area contributed by atoms with Gasteiger partial charge in [-0.2, -0.15) is 0 Å². The highest BCUT2D eigenvalue weighted by atomic mass is 32.1. The van der Waals surface area contributed by atoms with Gasteiger partial charge in [-0.15, -0.1) is 11.3 Å². The number of nitro benzene ring substituents is 1. The molecule has 0 atom stereocenters. The Morgan fingerprint density at radius 1 is 1.16 bits per heavy atom. The van der Waals surface area contributed by atoms with Gasteiger partial charge in [-0.25, -0.2) is 4.79 Å². The Kier molecular flexibility index (Phi) is 4.44. The van der Waals surface area contributed by atoms with E-state index in [0.29, 0.717) is 10.4 Å². The van der Waals surface area contributed by atoms with Crippen molar-refractivity contribution in [2.45, 2.75) is 0 Å². The number of hydrogen-bond donors (Lipinski definition) is 1. The van der Waals surface area contributed by atoms with Crippen LogP contribution in [0, 0.1) is 10.1 Å². The molecule has 25 heavy (non-hydrogen) atoms. The highest BCUT2D eigenvalue weighted by Gasteiger charge is 2.22. The van der Waals surface area contributed by atoms with E-state index in [1.54, 1.807) is 12.1 Å². The Morgan fingerprint density at radius 2 is 1.92 bits per heavy atom. The quantitative estimate of drug-likeness (QED) is 0.435. The van der Waals surface area contributed by atoms with Crippen molar-refractivity contribution >= 4 is 44.0 Å². The summed E-state index contributed by atoms with van der Waals surface area (Å²) in [6, 6.07) is 12.6. The summed E-state index contributed by atoms with van der Waals surface area (Å²) >= 11 is 1.23. The molecule has 0 aliphatic heterocycles. The van der Waals surface area contributed by atoms with Crippen LogP contribution in [0.2, 0.25) is 0 Å². The molecule has 1 amide bonds. The number of nitrogens with one attached hydrogen (secondary N) is 1. The lowest BCUT2D eigenvalue weighted by molar-refractivity contribution is -0.384. The Balaban J connectivity index is 2.00. The Morgan fingerprint density at radius 3 is 2.64 bits per heavy atom. The minimum atomic E-state index is -0.573. The van der Waals surface area contributed by atoms with E-state index in [-0.39, 0.29) is 16.8 Å². The van der Waals surface area contributed by atoms with Crippen molar-refractivity contribution < 1.29 is 19.2 Å². The molecule has 7 nitrogen and oxygen atoms in total. The molecule has 0 saturated carbocycles. The number of nitrogens with zero attached hydrogens (tertiary/aromatic N) is 1. The number of carbonyl (C=O) groups is 2. The zero-order chi connectivity index (χ0) is 18.0. The number of rotatable bonds is 4. The van der Waals surface area contributed by atoms with Gasteiger partial charge in [-0.05, 0) is 12.1 Å². The topological polar surface area (TPSA) is 98.5 Å². The fraction of sp³-hybridized carbons (Fsp3) is 0.0588. The molecule has 3 aromatic rings. The molecule has 0 radical (unpaired) electrons. The van der Waals surface area contributed by atoms with Gasteiger partial charge in [-0.1, -0.05) is 24.3 Å². The van der Waals surface area contributed by atoms with E-state index in [9.17, 15) is 19.7 Å². The van der Waals surface area contributed by atoms with Gasteiger partial charge >= 0.3 is 5.97 Å². The second-order valence-corrected chi connectivity index (χ2v) is 6.11. The van der Waals surface area contributed by atoms with Crippen LogP contribution in [0.1, 0.15) is 20.7 Å². The number of ether oxygens (including phenoxy) is 1. The highest BCUT2D eigenvalue weighted by molar-refractivity contribution is 7.23. The first-order chi connectivity index (χ1) is 12.0. The van der Waals surface area contributed by atoms with E-state index in [0.717, 1.165) is 4.70 Å². The van der Waals surface area contributed by atoms with Gasteiger partial charge in [0.25, 0.3) is 11.6 Å². The van der Waals surface area contributed by atoms with Crippen molar-refractivity contribution in [1.82, 2.24) is 0 Å². The van der Waals surface area contributed by atoms with Crippen molar-refractivity contribution in [3.63, 3.8) is 0 Å². The molecule has 0 unspecified atom stereocenters. The second kappa shape index (κ2) is 6.70. The fourth-order valence-electron chi connectivity index (χ4n) is 2.37. The molecule has 0 saturated heterocycles. The molecule has 0 spiro atoms. The van der Waals surface area contributed by atoms with Crippen molar-refractivity contribution in [1.29, 1.82) is 0 Å². The van der Waals surface area contributed by atoms with Crippen LogP contribution in [0.4, 0.5) is 10.7 Å². The molecule has 0 aliphatic rings. The summed E-state index contributed by atoms with van der Waals surface area (Å²) in [6.07, 6.45) is 0. The first-order valence-electron chi connectivity index (χ1n) is 7.17. The molecule has 1 aromatic heterocycles. The summed E-state index contributed by atoms with van der Waals surface area (Å²) in [5.41, 5.74) is 0.210. The third kappa shape index (κ3) is 3.20. The van der Waals surface area contributed by atoms with Gasteiger partial charge < -0.3 is 10.1 Å². The van der Waals surface area contributed by atoms with Gasteiger partial charge in [0.2, 0.25) is 0 Å². The Labute approximate surface area is 146 Å². The van der Waals surface area contributed by atoms with Gasteiger partial charge in [0, 0.05) is 27.8 Å². The number of fused-ring (bicyclic) bond motifs is 1. The highest BCUT2D eigenvalue weighted by Crippen LogP contribution is 2.36. The summed E-state index contributed by atoms with van der Waals surface area (Å²) < 4.78 is 5.63. The third-order valence-corrected chi connectivity index (χ3v) is 4.62. The normalized spacial score (nSPS) is 10.4. The number of nitro groups is 1. The number of esters is 1. The molecular formula is C17H12N2O5S. The van der Waals surface area contributed by atoms with Gasteiger partial charge in [-0.3, -0.25) is 14.9 Å². The molecule has 1 N–H and O–H groups in total. The van der Waals surface area contributed by atoms with Gasteiger partial charge in [0.15, 0.2) is 0 Å². The minimum absolute atomic E-state index is 0.127. The number of benzene rings is 2. The monoisotopic (exact) mass is 356 g/mol. The van der Waals surface area contributed by atoms with E-state index >= 15 is 0 Å². The van der Waals surface area contributed by atoms with Crippen molar-refractivity contribution in [3.8, 4) is 0 Å². The second-order valence-electron chi connectivity index (χ2n) is 5.06. The first kappa shape index (κ1) is 16.6. The standard InChI is InChI=1S/C17H12N2O5S/c1-24-17(21)14-12-7-2-3-8-13(12)25-16(14)18-15(20)10-5-4-6-11(9-10)19(22)23/h2-9H,1H3,(H,18,20). The maximum Gasteiger partial charge on any atom is 0.341 e. The number of amides is 1. The Hall–Kier alpha value is -3.26. The summed E-state index contributed by atoms with van der Waals surface area (Å²) in [6.45, 7) is 0. The van der Waals surface area contributed by atoms with E-state index in [1.165, 1.54) is 42.7 Å². The van der Waals surface area contributed by atoms with Gasteiger partial charge in [0.05, 0.1) is 12.0 Å². The number of methoxy groups -OCH3 is 1. The maximum atomic E-state index is 12.4. The fourth-order valence-corrected chi connectivity index (χ4v) is 3.46. The summed E-state index contributed by atoms with van der Waals surface area (Å²) in [7, 11) is 1.26. The summed E-state index contributed by atoms with van der Waals surface area (Å²) in [5, 5.41) is 14.5. The van der Waals surface area contributed by atoms with Crippen LogP contribution in [-0.2, 0) is 4.74 Å². The SMILES string of the molecule is COC(=O)c1c(NC(=O)c2cccc([N+](=O)[O-])c2)sc2ccccc12. The van der Waals surface area contributed by atoms with E-state index in [4.69, 9.17) is 4.74 Å². The molecule has 2 aromatic carbocycles. The maximum absolute atomic E-state index is 12.4. The molecule has 8 heteroatoms. The first-order valence-corrected chi connectivity index (χ1v) is 7.98. The Bertz CT molecular complexity index is 996. The van der Waals surface area contributed by atoms with Crippen LogP contribution in [0.5, 0.6) is 0 Å². The smallest absolute Gasteiger partial charge is 0.341 e. The van der Waals surface area contributed by atoms with Crippen LogP contribution in [0.25, 0.3) is 10.1 Å². The lowest BCUT2D eigenvalue weighted by atomic mass is 10.1. The van der Waals surface area contributed by atoms with Gasteiger partial charge in [0.1, 0.15) is 10.6 Å². The average molecular weight is 356 g/mol. The number of carbonyl (C=O) groups excluding carboxylic acids is 2. The summed E-state index contributed by atoms with van der Waals surface area (Å²) in [5.74, 6) is -1.10. The molecule has 0 fully saturated rings. The van der Waals surface area contributed by atoms with Crippen LogP contribution in [0.3, 0.4) is 0 Å². The molecule has 3 rings (SSSR count). The zero-order valence-electron chi connectivity index (χ0n) is 13.0. The molecule has 1 heterocycles. The number of non-ortho nitro benzene ring substituents is 1. The zero-order valence-corrected chi connectivity index (χ0v) is 13.8. The van der Waals surface area contributed by atoms with Crippen LogP contribution >= 0.6 is 11.3 Å². The molecule has 0 aliphatic carbocycles. The van der Waals surface area contributed by atoms with Crippen molar-refractivity contribution in [2.24, 2.45) is 0 Å². The lowest BCUT2D eigenvalue weighted by Gasteiger charge is -2.05. The molecular weight excluding hydrogens is 344 g/mol. The largest absolute Gasteiger partial charge is 0.465 e. The predicted molar refractivity (Wildman–Crippen MR) is 94.2 cm³/mol.